The van der Waals surface area contributed by atoms with Gasteiger partial charge in [0.25, 0.3) is 5.91 Å². The summed E-state index contributed by atoms with van der Waals surface area (Å²) in [7, 11) is 0. The number of likely N-dealkylation sites (tertiary alicyclic amines) is 1. The molecule has 1 saturated heterocycles. The number of piperidine rings is 1. The average molecular weight is 822 g/mol. The Morgan fingerprint density at radius 2 is 1.60 bits per heavy atom. The summed E-state index contributed by atoms with van der Waals surface area (Å²) in [6.45, 7) is 14.5. The number of benzene rings is 3. The van der Waals surface area contributed by atoms with Gasteiger partial charge in [0, 0.05) is 61.2 Å². The molecule has 1 aliphatic carbocycles. The van der Waals surface area contributed by atoms with Crippen LogP contribution in [-0.2, 0) is 20.7 Å². The van der Waals surface area contributed by atoms with Gasteiger partial charge in [-0.15, -0.1) is 5.11 Å². The largest absolute Gasteiger partial charge is 0.444 e. The lowest BCUT2D eigenvalue weighted by Gasteiger charge is -2.34. The van der Waals surface area contributed by atoms with Gasteiger partial charge in [-0.2, -0.15) is 5.11 Å². The van der Waals surface area contributed by atoms with E-state index in [1.165, 1.54) is 12.1 Å². The minimum absolute atomic E-state index is 0.0252. The fourth-order valence-electron chi connectivity index (χ4n) is 8.35. The van der Waals surface area contributed by atoms with E-state index in [4.69, 9.17) is 4.74 Å². The normalized spacial score (nSPS) is 19.1. The first-order valence-electron chi connectivity index (χ1n) is 21.4. The monoisotopic (exact) mass is 821 g/mol. The van der Waals surface area contributed by atoms with Gasteiger partial charge in [-0.3, -0.25) is 14.4 Å². The number of hydrogen-bond acceptors (Lipinski definition) is 9. The number of azo groups is 1. The first kappa shape index (κ1) is 44.3. The Balaban J connectivity index is 1.10. The fraction of sp³-hybridized carbons (Fsp3) is 0.511. The van der Waals surface area contributed by atoms with Crippen LogP contribution in [0.15, 0.2) is 75.9 Å². The third-order valence-corrected chi connectivity index (χ3v) is 11.8. The Morgan fingerprint density at radius 1 is 0.900 bits per heavy atom. The van der Waals surface area contributed by atoms with Crippen molar-refractivity contribution in [2.24, 2.45) is 33.0 Å². The second-order valence-corrected chi connectivity index (χ2v) is 17.8. The number of anilines is 1. The summed E-state index contributed by atoms with van der Waals surface area (Å²) in [5.74, 6) is -1.44. The highest BCUT2D eigenvalue weighted by atomic mass is 19.1. The molecule has 1 atom stereocenters. The molecule has 60 heavy (non-hydrogen) atoms. The first-order valence-corrected chi connectivity index (χ1v) is 21.4. The van der Waals surface area contributed by atoms with Crippen LogP contribution in [0.2, 0.25) is 0 Å². The number of ketones is 1. The number of aryl methyl sites for hydroxylation is 1. The van der Waals surface area contributed by atoms with Crippen molar-refractivity contribution < 1.29 is 28.3 Å². The molecule has 0 spiro atoms. The van der Waals surface area contributed by atoms with Gasteiger partial charge in [0.15, 0.2) is 12.5 Å². The zero-order chi connectivity index (χ0) is 43.0. The van der Waals surface area contributed by atoms with E-state index in [2.05, 4.69) is 49.9 Å². The quantitative estimate of drug-likeness (QED) is 0.148. The number of carbonyl (C=O) groups is 4. The number of hydrogen-bond donors (Lipinski definition) is 3. The maximum absolute atomic E-state index is 15.1. The van der Waals surface area contributed by atoms with Crippen molar-refractivity contribution in [1.29, 1.82) is 0 Å². The van der Waals surface area contributed by atoms with Crippen LogP contribution >= 0.6 is 0 Å². The van der Waals surface area contributed by atoms with Crippen LogP contribution in [0.25, 0.3) is 11.1 Å². The molecule has 320 valence electrons. The number of ether oxygens (including phenoxy) is 1. The summed E-state index contributed by atoms with van der Waals surface area (Å²) in [5.41, 5.74) is 4.36. The standard InChI is InChI=1S/C47H60FN7O5/c1-29(2)55-21-19-37(20-22-55)52-44(57)35-15-17-39(30(3)23-35)33-11-7-31(8-12-33)24-36(45(58)53-38-16-18-40(41(48)26-38)43-50-28-51-54-43)25-42(56)34-13-9-32(10-14-34)27-49-46(59)60-47(4,5)6/h7-8,11-12,15-18,23,26,29,32,34,36-37H,9-10,13-14,19-22,24-25,27-28H2,1-6H3,(H,49,59)(H,52,57)(H,53,58). The highest BCUT2D eigenvalue weighted by Gasteiger charge is 2.31. The number of alkyl carbamates (subject to hydrolysis) is 1. The lowest BCUT2D eigenvalue weighted by atomic mass is 9.77. The SMILES string of the molecule is Cc1cc(C(=O)NC2CCN(C(C)C)CC2)ccc1-c1ccc(CC(CC(=O)C2CCC(CNC(=O)OC(C)(C)C)CC2)C(=O)Nc2ccc(C3=NCN=N3)c(F)c2)cc1. The Kier molecular flexibility index (Phi) is 14.6. The molecule has 2 aliphatic heterocycles. The molecule has 1 saturated carbocycles. The number of amides is 3. The molecule has 0 bridgehead atoms. The summed E-state index contributed by atoms with van der Waals surface area (Å²) in [6, 6.07) is 18.7. The van der Waals surface area contributed by atoms with E-state index >= 15 is 4.39 Å². The van der Waals surface area contributed by atoms with E-state index < -0.39 is 23.4 Å². The Labute approximate surface area is 353 Å². The molecule has 0 radical (unpaired) electrons. The summed E-state index contributed by atoms with van der Waals surface area (Å²) in [5, 5.41) is 16.6. The van der Waals surface area contributed by atoms with Crippen LogP contribution in [0.4, 0.5) is 14.9 Å². The van der Waals surface area contributed by atoms with E-state index in [1.54, 1.807) is 6.07 Å². The van der Waals surface area contributed by atoms with Gasteiger partial charge in [0.1, 0.15) is 17.2 Å². The van der Waals surface area contributed by atoms with Crippen molar-refractivity contribution in [1.82, 2.24) is 15.5 Å². The molecule has 3 aromatic carbocycles. The number of carbonyl (C=O) groups excluding carboxylic acids is 4. The number of rotatable bonds is 14. The molecular weight excluding hydrogens is 762 g/mol. The van der Waals surface area contributed by atoms with Crippen molar-refractivity contribution in [2.75, 3.05) is 31.6 Å². The highest BCUT2D eigenvalue weighted by molar-refractivity contribution is 6.01. The van der Waals surface area contributed by atoms with Gasteiger partial charge in [0.05, 0.1) is 5.56 Å². The van der Waals surface area contributed by atoms with Crippen LogP contribution in [-0.4, -0.2) is 78.4 Å². The lowest BCUT2D eigenvalue weighted by molar-refractivity contribution is -0.129. The summed E-state index contributed by atoms with van der Waals surface area (Å²) in [6.07, 6.45) is 4.69. The number of halogens is 1. The molecule has 12 nitrogen and oxygen atoms in total. The molecular formula is C47H60FN7O5. The first-order chi connectivity index (χ1) is 28.6. The number of amidine groups is 1. The molecule has 2 heterocycles. The second-order valence-electron chi connectivity index (χ2n) is 17.8. The van der Waals surface area contributed by atoms with Crippen LogP contribution in [0.1, 0.15) is 107 Å². The maximum Gasteiger partial charge on any atom is 0.407 e. The smallest absolute Gasteiger partial charge is 0.407 e. The third kappa shape index (κ3) is 12.1. The average Bonchev–Trinajstić information content (AvgIpc) is 3.75. The Bertz CT molecular complexity index is 2080. The van der Waals surface area contributed by atoms with Crippen molar-refractivity contribution in [3.8, 4) is 11.1 Å². The summed E-state index contributed by atoms with van der Waals surface area (Å²) in [4.78, 5) is 59.7. The predicted octanol–water partition coefficient (Wildman–Crippen LogP) is 8.66. The van der Waals surface area contributed by atoms with Gasteiger partial charge in [0.2, 0.25) is 5.91 Å². The molecule has 3 aliphatic rings. The van der Waals surface area contributed by atoms with Gasteiger partial charge in [-0.05, 0) is 145 Å². The topological polar surface area (TPSA) is 154 Å². The number of aliphatic imine (C=N–C) groups is 1. The zero-order valence-corrected chi connectivity index (χ0v) is 35.9. The van der Waals surface area contributed by atoms with E-state index in [0.29, 0.717) is 37.4 Å². The van der Waals surface area contributed by atoms with Gasteiger partial charge < -0.3 is 25.6 Å². The maximum atomic E-state index is 15.1. The second kappa shape index (κ2) is 19.8. The van der Waals surface area contributed by atoms with E-state index in [-0.39, 0.29) is 65.7 Å². The van der Waals surface area contributed by atoms with Gasteiger partial charge in [-0.1, -0.05) is 30.3 Å². The van der Waals surface area contributed by atoms with E-state index in [1.807, 2.05) is 70.2 Å². The van der Waals surface area contributed by atoms with Crippen molar-refractivity contribution in [3.05, 3.63) is 88.7 Å². The number of Topliss-reactive ketones (excluding diaryl/α,β-unsaturated/α-hetero) is 1. The predicted molar refractivity (Wildman–Crippen MR) is 232 cm³/mol. The minimum atomic E-state index is -0.706. The van der Waals surface area contributed by atoms with E-state index in [9.17, 15) is 19.2 Å². The fourth-order valence-corrected chi connectivity index (χ4v) is 8.35. The molecule has 2 fully saturated rings. The number of nitrogens with one attached hydrogen (secondary N) is 3. The molecule has 13 heteroatoms. The van der Waals surface area contributed by atoms with Crippen LogP contribution in [0.3, 0.4) is 0 Å². The number of nitrogens with zero attached hydrogens (tertiary/aromatic N) is 4. The third-order valence-electron chi connectivity index (χ3n) is 11.8. The van der Waals surface area contributed by atoms with Crippen LogP contribution in [0, 0.1) is 30.5 Å². The summed E-state index contributed by atoms with van der Waals surface area (Å²) >= 11 is 0. The molecule has 3 amide bonds. The van der Waals surface area contributed by atoms with Crippen molar-refractivity contribution >= 4 is 35.2 Å². The van der Waals surface area contributed by atoms with Crippen molar-refractivity contribution in [3.63, 3.8) is 0 Å². The van der Waals surface area contributed by atoms with Gasteiger partial charge in [-0.25, -0.2) is 14.2 Å². The molecule has 6 rings (SSSR count). The molecule has 3 N–H and O–H groups in total. The van der Waals surface area contributed by atoms with Crippen LogP contribution in [0.5, 0.6) is 0 Å². The molecule has 1 unspecified atom stereocenters. The summed E-state index contributed by atoms with van der Waals surface area (Å²) < 4.78 is 20.5. The molecule has 0 aromatic heterocycles. The van der Waals surface area contributed by atoms with Crippen molar-refractivity contribution in [2.45, 2.75) is 111 Å². The molecule has 3 aromatic rings. The van der Waals surface area contributed by atoms with Gasteiger partial charge >= 0.3 is 6.09 Å². The minimum Gasteiger partial charge on any atom is -0.444 e. The Morgan fingerprint density at radius 3 is 2.22 bits per heavy atom. The lowest BCUT2D eigenvalue weighted by Crippen LogP contribution is -2.46. The van der Waals surface area contributed by atoms with Crippen LogP contribution < -0.4 is 16.0 Å². The highest BCUT2D eigenvalue weighted by Crippen LogP contribution is 2.32. The van der Waals surface area contributed by atoms with E-state index in [0.717, 1.165) is 61.0 Å². The Hall–Kier alpha value is -5.30. The zero-order valence-electron chi connectivity index (χ0n) is 35.9.